The van der Waals surface area contributed by atoms with Crippen LogP contribution in [0.1, 0.15) is 49.0 Å². The molecular weight excluding hydrogens is 324 g/mol. The first-order valence-electron chi connectivity index (χ1n) is 8.68. The molecule has 2 atom stereocenters. The first-order chi connectivity index (χ1) is 11.0. The number of primary amides is 1. The van der Waals surface area contributed by atoms with E-state index in [1.807, 2.05) is 19.2 Å². The van der Waals surface area contributed by atoms with Gasteiger partial charge in [0.25, 0.3) is 0 Å². The Labute approximate surface area is 151 Å². The topological polar surface area (TPSA) is 55.6 Å². The summed E-state index contributed by atoms with van der Waals surface area (Å²) in [5.74, 6) is 0.555. The van der Waals surface area contributed by atoms with Crippen LogP contribution in [0.4, 0.5) is 0 Å². The zero-order valence-corrected chi connectivity index (χ0v) is 15.6. The number of nitrogens with two attached hydrogens (primary N) is 1. The van der Waals surface area contributed by atoms with Gasteiger partial charge < -0.3 is 15.4 Å². The summed E-state index contributed by atoms with van der Waals surface area (Å²) in [4.78, 5) is 14.2. The second-order valence-electron chi connectivity index (χ2n) is 7.31. The fraction of sp³-hybridized carbons (Fsp3) is 0.632. The smallest absolute Gasteiger partial charge is 0.248 e. The second kappa shape index (κ2) is 7.42. The number of nitrogens with zero attached hydrogens (tertiary/aromatic N) is 1. The van der Waals surface area contributed by atoms with Crippen molar-refractivity contribution in [1.29, 1.82) is 0 Å². The lowest BCUT2D eigenvalue weighted by Crippen LogP contribution is -2.60. The van der Waals surface area contributed by atoms with E-state index in [1.165, 1.54) is 19.3 Å². The molecule has 0 spiro atoms. The zero-order chi connectivity index (χ0) is 16.6. The summed E-state index contributed by atoms with van der Waals surface area (Å²) in [5, 5.41) is 0. The molecule has 1 heterocycles. The molecule has 1 saturated carbocycles. The van der Waals surface area contributed by atoms with Crippen molar-refractivity contribution in [3.05, 3.63) is 35.4 Å². The average molecular weight is 353 g/mol. The third-order valence-electron chi connectivity index (χ3n) is 5.89. The van der Waals surface area contributed by atoms with Gasteiger partial charge >= 0.3 is 0 Å². The van der Waals surface area contributed by atoms with Crippen molar-refractivity contribution in [2.75, 3.05) is 20.2 Å². The zero-order valence-electron chi connectivity index (χ0n) is 14.8. The van der Waals surface area contributed by atoms with Crippen LogP contribution in [0.25, 0.3) is 0 Å². The molecule has 2 aliphatic rings. The molecule has 3 rings (SSSR count). The minimum Gasteiger partial charge on any atom is -0.373 e. The Kier molecular flexibility index (Phi) is 5.95. The molecule has 0 radical (unpaired) electrons. The number of hydrogen-bond acceptors (Lipinski definition) is 3. The number of fused-ring (bicyclic) bond motifs is 2. The molecule has 1 aliphatic heterocycles. The van der Waals surface area contributed by atoms with Crippen LogP contribution >= 0.6 is 12.4 Å². The van der Waals surface area contributed by atoms with E-state index in [9.17, 15) is 4.79 Å². The molecule has 134 valence electrons. The molecule has 2 N–H and O–H groups in total. The highest BCUT2D eigenvalue weighted by molar-refractivity contribution is 5.92. The monoisotopic (exact) mass is 352 g/mol. The third-order valence-corrected chi connectivity index (χ3v) is 5.89. The van der Waals surface area contributed by atoms with Crippen LogP contribution in [0.5, 0.6) is 0 Å². The number of rotatable bonds is 4. The normalized spacial score (nSPS) is 30.0. The van der Waals surface area contributed by atoms with Crippen molar-refractivity contribution in [1.82, 2.24) is 4.90 Å². The number of carbonyl (C=O) groups is 1. The molecule has 4 nitrogen and oxygen atoms in total. The number of carbonyl (C=O) groups excluding carboxylic acids is 1. The van der Waals surface area contributed by atoms with Gasteiger partial charge in [-0.15, -0.1) is 12.4 Å². The van der Waals surface area contributed by atoms with Gasteiger partial charge in [0.05, 0.1) is 0 Å². The lowest BCUT2D eigenvalue weighted by atomic mass is 9.62. The molecule has 1 amide bonds. The maximum atomic E-state index is 11.6. The Balaban J connectivity index is 0.00000208. The van der Waals surface area contributed by atoms with Crippen molar-refractivity contribution < 1.29 is 9.53 Å². The minimum atomic E-state index is -0.372. The summed E-state index contributed by atoms with van der Waals surface area (Å²) in [5.41, 5.74) is 6.90. The molecule has 2 bridgehead atoms. The highest BCUT2D eigenvalue weighted by atomic mass is 35.5. The van der Waals surface area contributed by atoms with Gasteiger partial charge in [-0.25, -0.2) is 0 Å². The molecule has 1 aromatic rings. The van der Waals surface area contributed by atoms with Gasteiger partial charge in [-0.1, -0.05) is 18.6 Å². The number of ether oxygens (including phenoxy) is 1. The van der Waals surface area contributed by atoms with Gasteiger partial charge in [-0.3, -0.25) is 4.79 Å². The molecular formula is C19H29ClN2O2. The summed E-state index contributed by atoms with van der Waals surface area (Å²) >= 11 is 0. The van der Waals surface area contributed by atoms with Crippen LogP contribution in [-0.4, -0.2) is 37.0 Å². The first kappa shape index (κ1) is 19.2. The predicted molar refractivity (Wildman–Crippen MR) is 98.4 cm³/mol. The molecule has 24 heavy (non-hydrogen) atoms. The highest BCUT2D eigenvalue weighted by Gasteiger charge is 2.53. The first-order valence-corrected chi connectivity index (χ1v) is 8.68. The number of hydrogen-bond donors (Lipinski definition) is 1. The molecule has 0 aromatic heterocycles. The molecule has 1 aliphatic carbocycles. The van der Waals surface area contributed by atoms with Gasteiger partial charge in [0.15, 0.2) is 0 Å². The van der Waals surface area contributed by atoms with E-state index < -0.39 is 0 Å². The van der Waals surface area contributed by atoms with Crippen LogP contribution in [0.3, 0.4) is 0 Å². The Morgan fingerprint density at radius 1 is 1.29 bits per heavy atom. The van der Waals surface area contributed by atoms with Gasteiger partial charge in [0.2, 0.25) is 5.91 Å². The maximum Gasteiger partial charge on any atom is 0.248 e. The predicted octanol–water partition coefficient (Wildman–Crippen LogP) is 3.19. The summed E-state index contributed by atoms with van der Waals surface area (Å²) in [6, 6.07) is 8.33. The Morgan fingerprint density at radius 3 is 2.42 bits per heavy atom. The van der Waals surface area contributed by atoms with Gasteiger partial charge in [0, 0.05) is 43.6 Å². The Bertz CT molecular complexity index is 576. The van der Waals surface area contributed by atoms with Crippen molar-refractivity contribution in [3.63, 3.8) is 0 Å². The molecule has 1 aromatic carbocycles. The van der Waals surface area contributed by atoms with Gasteiger partial charge in [-0.05, 0) is 44.4 Å². The van der Waals surface area contributed by atoms with Crippen LogP contribution < -0.4 is 5.73 Å². The van der Waals surface area contributed by atoms with E-state index in [-0.39, 0.29) is 23.9 Å². The summed E-state index contributed by atoms with van der Waals surface area (Å²) in [7, 11) is 1.83. The fourth-order valence-electron chi connectivity index (χ4n) is 4.73. The van der Waals surface area contributed by atoms with Crippen LogP contribution in [-0.2, 0) is 10.3 Å². The SMILES string of the molecule is COC1(c2cccc(C(N)=O)c2)C2CCCC1CN(C(C)C)C2.Cl. The van der Waals surface area contributed by atoms with Crippen LogP contribution in [0.2, 0.25) is 0 Å². The van der Waals surface area contributed by atoms with E-state index >= 15 is 0 Å². The van der Waals surface area contributed by atoms with E-state index in [0.29, 0.717) is 23.4 Å². The van der Waals surface area contributed by atoms with Crippen molar-refractivity contribution in [2.24, 2.45) is 17.6 Å². The molecule has 5 heteroatoms. The van der Waals surface area contributed by atoms with Gasteiger partial charge in [-0.2, -0.15) is 0 Å². The number of amides is 1. The molecule has 1 saturated heterocycles. The number of benzene rings is 1. The van der Waals surface area contributed by atoms with E-state index in [2.05, 4.69) is 24.8 Å². The van der Waals surface area contributed by atoms with Crippen molar-refractivity contribution >= 4 is 18.3 Å². The Hall–Kier alpha value is -1.10. The number of piperidine rings is 1. The lowest BCUT2D eigenvalue weighted by Gasteiger charge is -2.56. The second-order valence-corrected chi connectivity index (χ2v) is 7.31. The van der Waals surface area contributed by atoms with Crippen molar-refractivity contribution in [3.8, 4) is 0 Å². The van der Waals surface area contributed by atoms with E-state index in [0.717, 1.165) is 18.7 Å². The minimum absolute atomic E-state index is 0. The summed E-state index contributed by atoms with van der Waals surface area (Å²) < 4.78 is 6.22. The number of methoxy groups -OCH3 is 1. The maximum absolute atomic E-state index is 11.6. The van der Waals surface area contributed by atoms with Crippen LogP contribution in [0.15, 0.2) is 24.3 Å². The standard InChI is InChI=1S/C19H28N2O2.ClH/c1-13(2)21-11-16-8-5-9-17(12-21)19(16,23-3)15-7-4-6-14(10-15)18(20)22;/h4,6-7,10,13,16-17H,5,8-9,11-12H2,1-3H3,(H2,20,22);1H. The van der Waals surface area contributed by atoms with Crippen molar-refractivity contribution in [2.45, 2.75) is 44.8 Å². The van der Waals surface area contributed by atoms with Crippen LogP contribution in [0, 0.1) is 11.8 Å². The largest absolute Gasteiger partial charge is 0.373 e. The summed E-state index contributed by atoms with van der Waals surface area (Å²) in [6.45, 7) is 6.65. The summed E-state index contributed by atoms with van der Waals surface area (Å²) in [6.07, 6.45) is 3.62. The van der Waals surface area contributed by atoms with Gasteiger partial charge in [0.1, 0.15) is 5.60 Å². The fourth-order valence-corrected chi connectivity index (χ4v) is 4.73. The third kappa shape index (κ3) is 3.07. The lowest BCUT2D eigenvalue weighted by molar-refractivity contribution is -0.172. The number of likely N-dealkylation sites (tertiary alicyclic amines) is 1. The molecule has 2 fully saturated rings. The average Bonchev–Trinajstić information content (AvgIpc) is 2.53. The van der Waals surface area contributed by atoms with E-state index in [4.69, 9.17) is 10.5 Å². The number of halogens is 1. The molecule has 2 unspecified atom stereocenters. The van der Waals surface area contributed by atoms with E-state index in [1.54, 1.807) is 6.07 Å². The Morgan fingerprint density at radius 2 is 1.92 bits per heavy atom. The quantitative estimate of drug-likeness (QED) is 0.905. The highest BCUT2D eigenvalue weighted by Crippen LogP contribution is 2.51.